The molecule has 1 aliphatic carbocycles. The zero-order chi connectivity index (χ0) is 10.9. The molecule has 2 rings (SSSR count). The van der Waals surface area contributed by atoms with Crippen LogP contribution in [0.15, 0.2) is 18.2 Å². The van der Waals surface area contributed by atoms with Crippen molar-refractivity contribution in [2.24, 2.45) is 5.90 Å². The molecule has 0 bridgehead atoms. The van der Waals surface area contributed by atoms with Crippen molar-refractivity contribution in [2.75, 3.05) is 13.7 Å². The standard InChI is InChI=1S/C11H15NO3/c1-14-8-2-3-9(10(13)6-8)11(4-5-11)7-15-12/h2-3,6,13H,4-5,7,12H2,1H3. The van der Waals surface area contributed by atoms with Gasteiger partial charge in [0.1, 0.15) is 11.5 Å². The van der Waals surface area contributed by atoms with Crippen LogP contribution in [0.1, 0.15) is 18.4 Å². The van der Waals surface area contributed by atoms with Crippen LogP contribution in [0.5, 0.6) is 11.5 Å². The smallest absolute Gasteiger partial charge is 0.123 e. The number of hydrogen-bond acceptors (Lipinski definition) is 4. The van der Waals surface area contributed by atoms with E-state index in [4.69, 9.17) is 15.5 Å². The van der Waals surface area contributed by atoms with Gasteiger partial charge in [0.2, 0.25) is 0 Å². The van der Waals surface area contributed by atoms with Gasteiger partial charge in [-0.05, 0) is 18.9 Å². The summed E-state index contributed by atoms with van der Waals surface area (Å²) in [5.74, 6) is 6.00. The van der Waals surface area contributed by atoms with Gasteiger partial charge >= 0.3 is 0 Å². The number of ether oxygens (including phenoxy) is 1. The summed E-state index contributed by atoms with van der Waals surface area (Å²) in [6.45, 7) is 0.451. The van der Waals surface area contributed by atoms with Gasteiger partial charge in [0.15, 0.2) is 0 Å². The predicted molar refractivity (Wildman–Crippen MR) is 55.7 cm³/mol. The Kier molecular flexibility index (Phi) is 2.54. The van der Waals surface area contributed by atoms with Crippen molar-refractivity contribution in [2.45, 2.75) is 18.3 Å². The fourth-order valence-corrected chi connectivity index (χ4v) is 1.89. The first kappa shape index (κ1) is 10.3. The lowest BCUT2D eigenvalue weighted by Gasteiger charge is -2.16. The van der Waals surface area contributed by atoms with Crippen LogP contribution in [-0.2, 0) is 10.3 Å². The Morgan fingerprint density at radius 2 is 2.20 bits per heavy atom. The molecule has 0 aromatic heterocycles. The van der Waals surface area contributed by atoms with Gasteiger partial charge in [0, 0.05) is 17.0 Å². The molecule has 1 saturated carbocycles. The van der Waals surface area contributed by atoms with Crippen molar-refractivity contribution in [1.82, 2.24) is 0 Å². The topological polar surface area (TPSA) is 64.7 Å². The van der Waals surface area contributed by atoms with E-state index in [-0.39, 0.29) is 11.2 Å². The van der Waals surface area contributed by atoms with Crippen molar-refractivity contribution in [1.29, 1.82) is 0 Å². The summed E-state index contributed by atoms with van der Waals surface area (Å²) >= 11 is 0. The van der Waals surface area contributed by atoms with Gasteiger partial charge < -0.3 is 14.7 Å². The van der Waals surface area contributed by atoms with Gasteiger partial charge in [-0.2, -0.15) is 0 Å². The normalized spacial score (nSPS) is 17.5. The Bertz CT molecular complexity index is 361. The van der Waals surface area contributed by atoms with Gasteiger partial charge in [-0.15, -0.1) is 0 Å². The minimum absolute atomic E-state index is 0.0783. The quantitative estimate of drug-likeness (QED) is 0.734. The fourth-order valence-electron chi connectivity index (χ4n) is 1.89. The lowest BCUT2D eigenvalue weighted by Crippen LogP contribution is -2.18. The van der Waals surface area contributed by atoms with Crippen LogP contribution < -0.4 is 10.6 Å². The monoisotopic (exact) mass is 209 g/mol. The van der Waals surface area contributed by atoms with Crippen molar-refractivity contribution < 1.29 is 14.7 Å². The van der Waals surface area contributed by atoms with E-state index < -0.39 is 0 Å². The molecule has 0 unspecified atom stereocenters. The molecule has 82 valence electrons. The maximum Gasteiger partial charge on any atom is 0.123 e. The first-order chi connectivity index (χ1) is 7.22. The summed E-state index contributed by atoms with van der Waals surface area (Å²) in [7, 11) is 1.57. The third-order valence-electron chi connectivity index (χ3n) is 2.99. The first-order valence-corrected chi connectivity index (χ1v) is 4.91. The minimum Gasteiger partial charge on any atom is -0.508 e. The van der Waals surface area contributed by atoms with E-state index in [9.17, 15) is 5.11 Å². The number of nitrogens with two attached hydrogens (primary N) is 1. The summed E-state index contributed by atoms with van der Waals surface area (Å²) in [5.41, 5.74) is 0.819. The van der Waals surface area contributed by atoms with Crippen molar-refractivity contribution in [3.63, 3.8) is 0 Å². The molecule has 1 aromatic carbocycles. The molecule has 0 saturated heterocycles. The number of rotatable bonds is 4. The van der Waals surface area contributed by atoms with Crippen LogP contribution in [0, 0.1) is 0 Å². The molecule has 1 aliphatic rings. The number of benzene rings is 1. The van der Waals surface area contributed by atoms with Crippen LogP contribution in [0.3, 0.4) is 0 Å². The third kappa shape index (κ3) is 1.78. The van der Waals surface area contributed by atoms with Crippen molar-refractivity contribution >= 4 is 0 Å². The van der Waals surface area contributed by atoms with Gasteiger partial charge in [0.05, 0.1) is 13.7 Å². The third-order valence-corrected chi connectivity index (χ3v) is 2.99. The molecule has 0 heterocycles. The summed E-state index contributed by atoms with van der Waals surface area (Å²) in [4.78, 5) is 4.69. The van der Waals surface area contributed by atoms with E-state index in [0.29, 0.717) is 12.4 Å². The maximum atomic E-state index is 9.85. The zero-order valence-electron chi connectivity index (χ0n) is 8.69. The maximum absolute atomic E-state index is 9.85. The molecule has 1 fully saturated rings. The lowest BCUT2D eigenvalue weighted by atomic mass is 9.96. The molecule has 0 spiro atoms. The Hall–Kier alpha value is -1.26. The second-order valence-electron chi connectivity index (χ2n) is 3.97. The second-order valence-corrected chi connectivity index (χ2v) is 3.97. The average molecular weight is 209 g/mol. The van der Waals surface area contributed by atoms with Gasteiger partial charge in [0.25, 0.3) is 0 Å². The molecule has 0 atom stereocenters. The largest absolute Gasteiger partial charge is 0.508 e. The predicted octanol–water partition coefficient (Wildman–Crippen LogP) is 1.32. The van der Waals surface area contributed by atoms with Gasteiger partial charge in [-0.1, -0.05) is 6.07 Å². The molecule has 0 amide bonds. The average Bonchev–Trinajstić information content (AvgIpc) is 2.99. The van der Waals surface area contributed by atoms with Crippen LogP contribution in [-0.4, -0.2) is 18.8 Å². The number of hydrogen-bond donors (Lipinski definition) is 2. The summed E-state index contributed by atoms with van der Waals surface area (Å²) in [6.07, 6.45) is 2.01. The van der Waals surface area contributed by atoms with Crippen molar-refractivity contribution in [3.8, 4) is 11.5 Å². The van der Waals surface area contributed by atoms with E-state index in [2.05, 4.69) is 0 Å². The Morgan fingerprint density at radius 3 is 2.67 bits per heavy atom. The Labute approximate surface area is 88.6 Å². The number of methoxy groups -OCH3 is 1. The van der Waals surface area contributed by atoms with E-state index >= 15 is 0 Å². The Morgan fingerprint density at radius 1 is 1.47 bits per heavy atom. The van der Waals surface area contributed by atoms with E-state index in [1.54, 1.807) is 13.2 Å². The van der Waals surface area contributed by atoms with E-state index in [1.807, 2.05) is 12.1 Å². The fraction of sp³-hybridized carbons (Fsp3) is 0.455. The van der Waals surface area contributed by atoms with Crippen LogP contribution in [0.4, 0.5) is 0 Å². The first-order valence-electron chi connectivity index (χ1n) is 4.91. The molecule has 4 heteroatoms. The summed E-state index contributed by atoms with van der Waals surface area (Å²) in [6, 6.07) is 5.33. The highest BCUT2D eigenvalue weighted by Gasteiger charge is 2.46. The highest BCUT2D eigenvalue weighted by atomic mass is 16.6. The number of aromatic hydroxyl groups is 1. The highest BCUT2D eigenvalue weighted by molar-refractivity contribution is 5.46. The summed E-state index contributed by atoms with van der Waals surface area (Å²) < 4.78 is 5.03. The molecular formula is C11H15NO3. The molecule has 3 N–H and O–H groups in total. The molecule has 1 aromatic rings. The molecule has 4 nitrogen and oxygen atoms in total. The second kappa shape index (κ2) is 3.72. The number of phenols is 1. The SMILES string of the molecule is COc1ccc(C2(CON)CC2)c(O)c1. The summed E-state index contributed by atoms with van der Waals surface area (Å²) in [5, 5.41) is 9.85. The molecule has 0 radical (unpaired) electrons. The van der Waals surface area contributed by atoms with Crippen LogP contribution in [0.25, 0.3) is 0 Å². The van der Waals surface area contributed by atoms with Crippen LogP contribution >= 0.6 is 0 Å². The van der Waals surface area contributed by atoms with Gasteiger partial charge in [-0.25, -0.2) is 5.90 Å². The van der Waals surface area contributed by atoms with Crippen LogP contribution in [0.2, 0.25) is 0 Å². The molecule has 0 aliphatic heterocycles. The zero-order valence-corrected chi connectivity index (χ0v) is 8.69. The number of phenolic OH excluding ortho intramolecular Hbond substituents is 1. The van der Waals surface area contributed by atoms with Gasteiger partial charge in [-0.3, -0.25) is 0 Å². The highest BCUT2D eigenvalue weighted by Crippen LogP contribution is 2.51. The van der Waals surface area contributed by atoms with Crippen molar-refractivity contribution in [3.05, 3.63) is 23.8 Å². The minimum atomic E-state index is -0.0783. The Balaban J connectivity index is 2.29. The molecular weight excluding hydrogens is 194 g/mol. The van der Waals surface area contributed by atoms with E-state index in [0.717, 1.165) is 18.4 Å². The lowest BCUT2D eigenvalue weighted by molar-refractivity contribution is 0.115. The molecule has 15 heavy (non-hydrogen) atoms. The van der Waals surface area contributed by atoms with E-state index in [1.165, 1.54) is 0 Å².